The Morgan fingerprint density at radius 1 is 1.26 bits per heavy atom. The first-order valence-corrected chi connectivity index (χ1v) is 8.39. The minimum Gasteiger partial charge on any atom is -0.383 e. The van der Waals surface area contributed by atoms with Crippen molar-refractivity contribution in [1.82, 2.24) is 20.4 Å². The van der Waals surface area contributed by atoms with E-state index in [4.69, 9.17) is 4.74 Å². The molecule has 2 aromatic rings. The van der Waals surface area contributed by atoms with E-state index in [1.165, 1.54) is 24.0 Å². The Morgan fingerprint density at radius 3 is 2.78 bits per heavy atom. The Hall–Kier alpha value is -1.69. The molecule has 0 bridgehead atoms. The van der Waals surface area contributed by atoms with Crippen LogP contribution in [0.25, 0.3) is 11.3 Å². The molecule has 2 N–H and O–H groups in total. The van der Waals surface area contributed by atoms with Crippen LogP contribution in [0.1, 0.15) is 18.4 Å². The van der Waals surface area contributed by atoms with Crippen LogP contribution < -0.4 is 5.32 Å². The minimum absolute atomic E-state index is 0.590. The highest BCUT2D eigenvalue weighted by molar-refractivity contribution is 5.62. The Morgan fingerprint density at radius 2 is 2.04 bits per heavy atom. The summed E-state index contributed by atoms with van der Waals surface area (Å²) in [6.07, 6.45) is 4.33. The van der Waals surface area contributed by atoms with Gasteiger partial charge >= 0.3 is 0 Å². The monoisotopic (exact) mass is 314 g/mol. The van der Waals surface area contributed by atoms with Crippen LogP contribution in [0.2, 0.25) is 0 Å². The first-order chi connectivity index (χ1) is 11.4. The normalized spacial score (nSPS) is 16.7. The van der Waals surface area contributed by atoms with Crippen molar-refractivity contribution in [2.75, 3.05) is 33.4 Å². The number of hydrogen-bond acceptors (Lipinski definition) is 4. The largest absolute Gasteiger partial charge is 0.383 e. The molecular formula is C18H26N4O. The highest BCUT2D eigenvalue weighted by Crippen LogP contribution is 2.21. The van der Waals surface area contributed by atoms with Crippen molar-refractivity contribution in [2.45, 2.75) is 25.4 Å². The molecule has 0 spiro atoms. The van der Waals surface area contributed by atoms with Crippen molar-refractivity contribution in [1.29, 1.82) is 0 Å². The van der Waals surface area contributed by atoms with Gasteiger partial charge in [0.1, 0.15) is 0 Å². The average Bonchev–Trinajstić information content (AvgIpc) is 3.08. The number of H-pyrrole nitrogens is 1. The maximum Gasteiger partial charge on any atom is 0.0695 e. The van der Waals surface area contributed by atoms with Crippen LogP contribution in [0.15, 0.2) is 36.5 Å². The third kappa shape index (κ3) is 4.41. The molecule has 1 aromatic heterocycles. The number of ether oxygens (including phenoxy) is 1. The summed E-state index contributed by atoms with van der Waals surface area (Å²) in [7, 11) is 1.77. The summed E-state index contributed by atoms with van der Waals surface area (Å²) in [6, 6.07) is 11.0. The second-order valence-electron chi connectivity index (χ2n) is 6.13. The molecule has 2 heterocycles. The quantitative estimate of drug-likeness (QED) is 0.823. The minimum atomic E-state index is 0.590. The molecule has 0 unspecified atom stereocenters. The summed E-state index contributed by atoms with van der Waals surface area (Å²) >= 11 is 0. The fourth-order valence-electron chi connectivity index (χ4n) is 3.14. The molecule has 5 heteroatoms. The van der Waals surface area contributed by atoms with Gasteiger partial charge in [-0.05, 0) is 31.5 Å². The number of aromatic nitrogens is 2. The van der Waals surface area contributed by atoms with Gasteiger partial charge in [0.15, 0.2) is 0 Å². The second kappa shape index (κ2) is 8.24. The number of nitrogens with zero attached hydrogens (tertiary/aromatic N) is 2. The highest BCUT2D eigenvalue weighted by Gasteiger charge is 2.19. The molecule has 0 aliphatic carbocycles. The molecule has 1 fully saturated rings. The fraction of sp³-hybridized carbons (Fsp3) is 0.500. The van der Waals surface area contributed by atoms with Crippen molar-refractivity contribution < 1.29 is 4.74 Å². The molecule has 0 amide bonds. The van der Waals surface area contributed by atoms with Gasteiger partial charge in [0.2, 0.25) is 0 Å². The lowest BCUT2D eigenvalue weighted by atomic mass is 10.0. The number of aromatic amines is 1. The van der Waals surface area contributed by atoms with E-state index in [0.717, 1.165) is 38.5 Å². The predicted octanol–water partition coefficient (Wildman–Crippen LogP) is 2.28. The molecular weight excluding hydrogens is 288 g/mol. The molecule has 1 aliphatic heterocycles. The van der Waals surface area contributed by atoms with Crippen LogP contribution in [0, 0.1) is 0 Å². The van der Waals surface area contributed by atoms with Gasteiger partial charge in [-0.15, -0.1) is 0 Å². The number of rotatable bonds is 7. The zero-order valence-corrected chi connectivity index (χ0v) is 13.8. The topological polar surface area (TPSA) is 53.2 Å². The maximum atomic E-state index is 5.16. The van der Waals surface area contributed by atoms with Crippen LogP contribution in [0.5, 0.6) is 0 Å². The number of hydrogen-bond donors (Lipinski definition) is 2. The van der Waals surface area contributed by atoms with Gasteiger partial charge in [0, 0.05) is 31.8 Å². The predicted molar refractivity (Wildman–Crippen MR) is 92.2 cm³/mol. The van der Waals surface area contributed by atoms with Gasteiger partial charge in [0.05, 0.1) is 18.5 Å². The van der Waals surface area contributed by atoms with Crippen LogP contribution in [-0.4, -0.2) is 54.5 Å². The number of nitrogens with one attached hydrogen (secondary N) is 2. The molecule has 0 radical (unpaired) electrons. The molecule has 1 aliphatic rings. The van der Waals surface area contributed by atoms with Gasteiger partial charge in [-0.3, -0.25) is 5.10 Å². The third-order valence-electron chi connectivity index (χ3n) is 4.56. The van der Waals surface area contributed by atoms with E-state index >= 15 is 0 Å². The molecule has 0 atom stereocenters. The standard InChI is InChI=1S/C18H26N4O/c1-23-12-11-22-9-7-17(8-10-22)19-13-16-14-20-21-18(16)15-5-3-2-4-6-15/h2-6,14,17,19H,7-13H2,1H3,(H,20,21). The summed E-state index contributed by atoms with van der Waals surface area (Å²) < 4.78 is 5.16. The van der Waals surface area contributed by atoms with Gasteiger partial charge in [-0.1, -0.05) is 30.3 Å². The van der Waals surface area contributed by atoms with Crippen LogP contribution in [0.4, 0.5) is 0 Å². The number of piperidine rings is 1. The van der Waals surface area contributed by atoms with E-state index in [-0.39, 0.29) is 0 Å². The van der Waals surface area contributed by atoms with Crippen LogP contribution >= 0.6 is 0 Å². The van der Waals surface area contributed by atoms with E-state index in [0.29, 0.717) is 6.04 Å². The van der Waals surface area contributed by atoms with Crippen molar-refractivity contribution in [2.24, 2.45) is 0 Å². The lowest BCUT2D eigenvalue weighted by Crippen LogP contribution is -2.43. The van der Waals surface area contributed by atoms with Crippen molar-refractivity contribution in [3.63, 3.8) is 0 Å². The van der Waals surface area contributed by atoms with Crippen molar-refractivity contribution in [3.05, 3.63) is 42.1 Å². The van der Waals surface area contributed by atoms with Crippen LogP contribution in [-0.2, 0) is 11.3 Å². The molecule has 23 heavy (non-hydrogen) atoms. The summed E-state index contributed by atoms with van der Waals surface area (Å²) in [5.74, 6) is 0. The zero-order chi connectivity index (χ0) is 15.9. The molecule has 3 rings (SSSR count). The van der Waals surface area contributed by atoms with E-state index in [9.17, 15) is 0 Å². The average molecular weight is 314 g/mol. The second-order valence-corrected chi connectivity index (χ2v) is 6.13. The summed E-state index contributed by atoms with van der Waals surface area (Å²) in [6.45, 7) is 5.04. The van der Waals surface area contributed by atoms with Gasteiger partial charge < -0.3 is 15.0 Å². The molecule has 1 saturated heterocycles. The van der Waals surface area contributed by atoms with Gasteiger partial charge in [0.25, 0.3) is 0 Å². The van der Waals surface area contributed by atoms with E-state index < -0.39 is 0 Å². The van der Waals surface area contributed by atoms with E-state index in [2.05, 4.69) is 44.7 Å². The molecule has 0 saturated carbocycles. The van der Waals surface area contributed by atoms with E-state index in [1.54, 1.807) is 7.11 Å². The van der Waals surface area contributed by atoms with Crippen LogP contribution in [0.3, 0.4) is 0 Å². The lowest BCUT2D eigenvalue weighted by Gasteiger charge is -2.32. The molecule has 5 nitrogen and oxygen atoms in total. The maximum absolute atomic E-state index is 5.16. The number of methoxy groups -OCH3 is 1. The molecule has 1 aromatic carbocycles. The lowest BCUT2D eigenvalue weighted by molar-refractivity contribution is 0.126. The first kappa shape index (κ1) is 16.2. The zero-order valence-electron chi connectivity index (χ0n) is 13.8. The smallest absolute Gasteiger partial charge is 0.0695 e. The third-order valence-corrected chi connectivity index (χ3v) is 4.56. The SMILES string of the molecule is COCCN1CCC(NCc2cn[nH]c2-c2ccccc2)CC1. The number of likely N-dealkylation sites (tertiary alicyclic amines) is 1. The van der Waals surface area contributed by atoms with Gasteiger partial charge in [-0.25, -0.2) is 0 Å². The van der Waals surface area contributed by atoms with E-state index in [1.807, 2.05) is 12.3 Å². The fourth-order valence-corrected chi connectivity index (χ4v) is 3.14. The Bertz CT molecular complexity index is 576. The van der Waals surface area contributed by atoms with Crippen molar-refractivity contribution in [3.8, 4) is 11.3 Å². The highest BCUT2D eigenvalue weighted by atomic mass is 16.5. The first-order valence-electron chi connectivity index (χ1n) is 8.39. The molecule has 124 valence electrons. The summed E-state index contributed by atoms with van der Waals surface area (Å²) in [4.78, 5) is 2.48. The Kier molecular flexibility index (Phi) is 5.80. The van der Waals surface area contributed by atoms with Gasteiger partial charge in [-0.2, -0.15) is 5.10 Å². The summed E-state index contributed by atoms with van der Waals surface area (Å²) in [5, 5.41) is 11.0. The Labute approximate surface area is 138 Å². The number of benzene rings is 1. The summed E-state index contributed by atoms with van der Waals surface area (Å²) in [5.41, 5.74) is 3.55. The van der Waals surface area contributed by atoms with Crippen molar-refractivity contribution >= 4 is 0 Å². The Balaban J connectivity index is 1.50.